The highest BCUT2D eigenvalue weighted by molar-refractivity contribution is 5.98. The third-order valence-electron chi connectivity index (χ3n) is 6.09. The lowest BCUT2D eigenvalue weighted by Crippen LogP contribution is -2.49. The van der Waals surface area contributed by atoms with Crippen molar-refractivity contribution in [3.8, 4) is 0 Å². The van der Waals surface area contributed by atoms with E-state index >= 15 is 0 Å². The highest BCUT2D eigenvalue weighted by Crippen LogP contribution is 2.30. The zero-order valence-corrected chi connectivity index (χ0v) is 21.8. The van der Waals surface area contributed by atoms with Crippen molar-refractivity contribution in [2.24, 2.45) is 0 Å². The summed E-state index contributed by atoms with van der Waals surface area (Å²) in [6.45, 7) is 12.5. The van der Waals surface area contributed by atoms with Gasteiger partial charge in [-0.1, -0.05) is 102 Å². The molecule has 0 saturated carbocycles. The summed E-state index contributed by atoms with van der Waals surface area (Å²) in [5, 5.41) is 5.81. The standard InChI is InChI=1S/C30H37N3O2/c1-29(2,3)23-18-22(19-24(32-23)30(4,5)6)27(34)33-26(28(35)31-7)25(20-14-10-8-11-15-20)21-16-12-9-13-17-21/h8-19,25-26H,1-7H3,(H,31,35)(H,33,34)/t26-/m0/s1. The Morgan fingerprint density at radius 1 is 0.743 bits per heavy atom. The molecule has 2 aromatic carbocycles. The van der Waals surface area contributed by atoms with E-state index in [9.17, 15) is 9.59 Å². The second kappa shape index (κ2) is 10.4. The van der Waals surface area contributed by atoms with Gasteiger partial charge in [-0.2, -0.15) is 0 Å². The maximum absolute atomic E-state index is 13.7. The van der Waals surface area contributed by atoms with Crippen LogP contribution in [0, 0.1) is 0 Å². The molecule has 0 spiro atoms. The molecule has 0 fully saturated rings. The van der Waals surface area contributed by atoms with E-state index in [2.05, 4.69) is 52.2 Å². The number of nitrogens with one attached hydrogen (secondary N) is 2. The molecule has 5 nitrogen and oxygen atoms in total. The zero-order chi connectivity index (χ0) is 25.8. The van der Waals surface area contributed by atoms with Gasteiger partial charge in [0.05, 0.1) is 0 Å². The molecular weight excluding hydrogens is 434 g/mol. The summed E-state index contributed by atoms with van der Waals surface area (Å²) in [4.78, 5) is 31.7. The van der Waals surface area contributed by atoms with E-state index in [0.717, 1.165) is 22.5 Å². The first-order chi connectivity index (χ1) is 16.4. The minimum absolute atomic E-state index is 0.229. The smallest absolute Gasteiger partial charge is 0.252 e. The fraction of sp³-hybridized carbons (Fsp3) is 0.367. The molecule has 2 amide bonds. The Labute approximate surface area is 209 Å². The van der Waals surface area contributed by atoms with Crippen molar-refractivity contribution in [3.05, 3.63) is 101 Å². The molecule has 1 atom stereocenters. The van der Waals surface area contributed by atoms with Gasteiger partial charge < -0.3 is 10.6 Å². The molecule has 184 valence electrons. The molecule has 0 bridgehead atoms. The van der Waals surface area contributed by atoms with Gasteiger partial charge in [-0.15, -0.1) is 0 Å². The van der Waals surface area contributed by atoms with Crippen LogP contribution >= 0.6 is 0 Å². The molecule has 0 saturated heterocycles. The summed E-state index contributed by atoms with van der Waals surface area (Å²) in [5.74, 6) is -0.904. The Morgan fingerprint density at radius 2 is 1.17 bits per heavy atom. The van der Waals surface area contributed by atoms with E-state index in [4.69, 9.17) is 4.98 Å². The third kappa shape index (κ3) is 6.36. The normalized spacial score (nSPS) is 12.8. The van der Waals surface area contributed by atoms with Crippen LogP contribution in [0.25, 0.3) is 0 Å². The summed E-state index contributed by atoms with van der Waals surface area (Å²) >= 11 is 0. The van der Waals surface area contributed by atoms with Gasteiger partial charge in [-0.05, 0) is 23.3 Å². The number of likely N-dealkylation sites (N-methyl/N-ethyl adjacent to an activating group) is 1. The highest BCUT2D eigenvalue weighted by atomic mass is 16.2. The first-order valence-electron chi connectivity index (χ1n) is 12.1. The molecule has 0 radical (unpaired) electrons. The van der Waals surface area contributed by atoms with Gasteiger partial charge in [0, 0.05) is 40.7 Å². The highest BCUT2D eigenvalue weighted by Gasteiger charge is 2.33. The van der Waals surface area contributed by atoms with Gasteiger partial charge in [0.15, 0.2) is 0 Å². The third-order valence-corrected chi connectivity index (χ3v) is 6.09. The number of amides is 2. The van der Waals surface area contributed by atoms with Crippen molar-refractivity contribution >= 4 is 11.8 Å². The number of benzene rings is 2. The predicted molar refractivity (Wildman–Crippen MR) is 142 cm³/mol. The Bertz CT molecular complexity index is 1090. The van der Waals surface area contributed by atoms with E-state index in [1.165, 1.54) is 0 Å². The van der Waals surface area contributed by atoms with Crippen LogP contribution < -0.4 is 10.6 Å². The van der Waals surface area contributed by atoms with E-state index in [1.807, 2.05) is 72.8 Å². The van der Waals surface area contributed by atoms with Gasteiger partial charge >= 0.3 is 0 Å². The summed E-state index contributed by atoms with van der Waals surface area (Å²) in [6.07, 6.45) is 0. The first-order valence-corrected chi connectivity index (χ1v) is 12.1. The molecule has 3 rings (SSSR count). The summed E-state index contributed by atoms with van der Waals surface area (Å²) in [7, 11) is 1.59. The molecule has 0 aliphatic heterocycles. The Kier molecular flexibility index (Phi) is 7.79. The fourth-order valence-corrected chi connectivity index (χ4v) is 4.01. The number of pyridine rings is 1. The van der Waals surface area contributed by atoms with E-state index in [-0.39, 0.29) is 28.6 Å². The summed E-state index contributed by atoms with van der Waals surface area (Å²) in [5.41, 5.74) is 3.63. The van der Waals surface area contributed by atoms with Crippen LogP contribution in [0.4, 0.5) is 0 Å². The Hall–Kier alpha value is -3.47. The molecule has 0 aliphatic rings. The van der Waals surface area contributed by atoms with Crippen LogP contribution in [0.2, 0.25) is 0 Å². The number of hydrogen-bond acceptors (Lipinski definition) is 3. The average molecular weight is 472 g/mol. The summed E-state index contributed by atoms with van der Waals surface area (Å²) < 4.78 is 0. The molecule has 1 aromatic heterocycles. The molecule has 1 heterocycles. The SMILES string of the molecule is CNC(=O)[C@@H](NC(=O)c1cc(C(C)(C)C)nc(C(C)(C)C)c1)C(c1ccccc1)c1ccccc1. The number of carbonyl (C=O) groups excluding carboxylic acids is 2. The number of hydrogen-bond donors (Lipinski definition) is 2. The average Bonchev–Trinajstić information content (AvgIpc) is 2.83. The number of rotatable bonds is 6. The fourth-order valence-electron chi connectivity index (χ4n) is 4.01. The maximum atomic E-state index is 13.7. The minimum Gasteiger partial charge on any atom is -0.357 e. The topological polar surface area (TPSA) is 71.1 Å². The van der Waals surface area contributed by atoms with Crippen LogP contribution in [0.3, 0.4) is 0 Å². The first kappa shape index (κ1) is 26.1. The van der Waals surface area contributed by atoms with Crippen LogP contribution in [0.5, 0.6) is 0 Å². The van der Waals surface area contributed by atoms with E-state index in [0.29, 0.717) is 5.56 Å². The van der Waals surface area contributed by atoms with Gasteiger partial charge in [0.2, 0.25) is 5.91 Å². The van der Waals surface area contributed by atoms with Crippen molar-refractivity contribution in [3.63, 3.8) is 0 Å². The largest absolute Gasteiger partial charge is 0.357 e. The van der Waals surface area contributed by atoms with Gasteiger partial charge in [0.25, 0.3) is 5.91 Å². The lowest BCUT2D eigenvalue weighted by molar-refractivity contribution is -0.122. The second-order valence-electron chi connectivity index (χ2n) is 11.0. The quantitative estimate of drug-likeness (QED) is 0.509. The molecule has 3 aromatic rings. The second-order valence-corrected chi connectivity index (χ2v) is 11.0. The molecule has 35 heavy (non-hydrogen) atoms. The number of carbonyl (C=O) groups is 2. The molecular formula is C30H37N3O2. The van der Waals surface area contributed by atoms with Crippen LogP contribution in [-0.4, -0.2) is 29.9 Å². The zero-order valence-electron chi connectivity index (χ0n) is 21.8. The van der Waals surface area contributed by atoms with E-state index in [1.54, 1.807) is 7.05 Å². The van der Waals surface area contributed by atoms with Crippen molar-refractivity contribution in [2.75, 3.05) is 7.05 Å². The van der Waals surface area contributed by atoms with Crippen molar-refractivity contribution in [2.45, 2.75) is 64.3 Å². The number of aromatic nitrogens is 1. The molecule has 5 heteroatoms. The molecule has 0 unspecified atom stereocenters. The Balaban J connectivity index is 2.09. The lowest BCUT2D eigenvalue weighted by Gasteiger charge is -2.29. The summed E-state index contributed by atoms with van der Waals surface area (Å²) in [6, 6.07) is 22.5. The van der Waals surface area contributed by atoms with Gasteiger partial charge in [0.1, 0.15) is 6.04 Å². The van der Waals surface area contributed by atoms with Crippen LogP contribution in [0.1, 0.15) is 80.3 Å². The molecule has 0 aliphatic carbocycles. The number of nitrogens with zero attached hydrogens (tertiary/aromatic N) is 1. The van der Waals surface area contributed by atoms with Gasteiger partial charge in [-0.25, -0.2) is 0 Å². The van der Waals surface area contributed by atoms with Crippen molar-refractivity contribution in [1.82, 2.24) is 15.6 Å². The minimum atomic E-state index is -0.804. The van der Waals surface area contributed by atoms with E-state index < -0.39 is 6.04 Å². The monoisotopic (exact) mass is 471 g/mol. The molecule has 2 N–H and O–H groups in total. The van der Waals surface area contributed by atoms with Gasteiger partial charge in [-0.3, -0.25) is 14.6 Å². The maximum Gasteiger partial charge on any atom is 0.252 e. The lowest BCUT2D eigenvalue weighted by atomic mass is 9.84. The van der Waals surface area contributed by atoms with Crippen molar-refractivity contribution in [1.29, 1.82) is 0 Å². The van der Waals surface area contributed by atoms with Crippen molar-refractivity contribution < 1.29 is 9.59 Å². The Morgan fingerprint density at radius 3 is 1.54 bits per heavy atom. The van der Waals surface area contributed by atoms with Crippen LogP contribution in [0.15, 0.2) is 72.8 Å². The predicted octanol–water partition coefficient (Wildman–Crippen LogP) is 5.35. The van der Waals surface area contributed by atoms with Crippen LogP contribution in [-0.2, 0) is 15.6 Å².